The minimum atomic E-state index is 0.546. The third kappa shape index (κ3) is 4.31. The van der Waals surface area contributed by atoms with Gasteiger partial charge in [0.1, 0.15) is 0 Å². The second-order valence-electron chi connectivity index (χ2n) is 7.32. The number of aromatic nitrogens is 6. The maximum Gasteiger partial charge on any atom is 0.205 e. The van der Waals surface area contributed by atoms with E-state index in [4.69, 9.17) is 4.74 Å². The Balaban J connectivity index is 1.60. The fraction of sp³-hybridized carbons (Fsp3) is 0.304. The molecule has 4 rings (SSSR count). The molecule has 0 spiro atoms. The van der Waals surface area contributed by atoms with Crippen LogP contribution in [0.3, 0.4) is 0 Å². The van der Waals surface area contributed by atoms with Crippen LogP contribution in [0.1, 0.15) is 42.3 Å². The number of H-pyrrole nitrogens is 2. The van der Waals surface area contributed by atoms with Crippen LogP contribution in [0.4, 0.5) is 0 Å². The van der Waals surface area contributed by atoms with Gasteiger partial charge in [-0.15, -0.1) is 10.2 Å². The number of ether oxygens (including phenoxy) is 1. The molecule has 30 heavy (non-hydrogen) atoms. The SMILES string of the molecule is CCCCc1n[nH]c(COC)c1Cc1ccc(-c2ccccc2-c2nn[nH]n2)cc1. The van der Waals surface area contributed by atoms with E-state index in [-0.39, 0.29) is 0 Å². The van der Waals surface area contributed by atoms with Crippen LogP contribution < -0.4 is 0 Å². The zero-order chi connectivity index (χ0) is 20.8. The lowest BCUT2D eigenvalue weighted by atomic mass is 9.96. The quantitative estimate of drug-likeness (QED) is 0.434. The maximum absolute atomic E-state index is 5.36. The van der Waals surface area contributed by atoms with Crippen molar-refractivity contribution in [1.29, 1.82) is 0 Å². The van der Waals surface area contributed by atoms with Crippen LogP contribution in [0.5, 0.6) is 0 Å². The van der Waals surface area contributed by atoms with Crippen molar-refractivity contribution in [3.05, 3.63) is 71.0 Å². The molecule has 0 radical (unpaired) electrons. The number of aryl methyl sites for hydroxylation is 1. The average Bonchev–Trinajstić information content (AvgIpc) is 3.44. The topological polar surface area (TPSA) is 92.4 Å². The van der Waals surface area contributed by atoms with E-state index in [0.29, 0.717) is 12.4 Å². The molecule has 154 valence electrons. The summed E-state index contributed by atoms with van der Waals surface area (Å²) in [5.74, 6) is 0.595. The molecule has 0 saturated carbocycles. The second-order valence-corrected chi connectivity index (χ2v) is 7.32. The Kier molecular flexibility index (Phi) is 6.29. The molecule has 0 aliphatic heterocycles. The van der Waals surface area contributed by atoms with E-state index >= 15 is 0 Å². The van der Waals surface area contributed by atoms with Gasteiger partial charge in [0.15, 0.2) is 0 Å². The fourth-order valence-electron chi connectivity index (χ4n) is 3.68. The van der Waals surface area contributed by atoms with Crippen LogP contribution >= 0.6 is 0 Å². The van der Waals surface area contributed by atoms with Crippen molar-refractivity contribution in [3.63, 3.8) is 0 Å². The predicted molar refractivity (Wildman–Crippen MR) is 116 cm³/mol. The number of benzene rings is 2. The molecule has 0 bridgehead atoms. The lowest BCUT2D eigenvalue weighted by Crippen LogP contribution is -1.99. The lowest BCUT2D eigenvalue weighted by molar-refractivity contribution is 0.181. The largest absolute Gasteiger partial charge is 0.378 e. The van der Waals surface area contributed by atoms with E-state index in [1.807, 2.05) is 18.2 Å². The van der Waals surface area contributed by atoms with Crippen LogP contribution in [0.25, 0.3) is 22.5 Å². The van der Waals surface area contributed by atoms with Gasteiger partial charge < -0.3 is 4.74 Å². The number of hydrogen-bond donors (Lipinski definition) is 2. The van der Waals surface area contributed by atoms with Gasteiger partial charge in [0, 0.05) is 24.7 Å². The van der Waals surface area contributed by atoms with Gasteiger partial charge in [0.2, 0.25) is 5.82 Å². The van der Waals surface area contributed by atoms with Crippen LogP contribution in [0.2, 0.25) is 0 Å². The number of hydrogen-bond acceptors (Lipinski definition) is 5. The number of unbranched alkanes of at least 4 members (excludes halogenated alkanes) is 1. The Morgan fingerprint density at radius 2 is 1.77 bits per heavy atom. The molecule has 0 aliphatic carbocycles. The first kappa shape index (κ1) is 20.0. The van der Waals surface area contributed by atoms with Crippen LogP contribution in [0, 0.1) is 0 Å². The zero-order valence-corrected chi connectivity index (χ0v) is 17.4. The van der Waals surface area contributed by atoms with E-state index in [1.165, 1.54) is 11.1 Å². The maximum atomic E-state index is 5.36. The summed E-state index contributed by atoms with van der Waals surface area (Å²) < 4.78 is 5.36. The Morgan fingerprint density at radius 3 is 2.47 bits per heavy atom. The van der Waals surface area contributed by atoms with Crippen LogP contribution in [-0.4, -0.2) is 37.9 Å². The molecule has 0 saturated heterocycles. The third-order valence-corrected chi connectivity index (χ3v) is 5.25. The van der Waals surface area contributed by atoms with Gasteiger partial charge in [0.05, 0.1) is 18.0 Å². The van der Waals surface area contributed by atoms with Gasteiger partial charge in [0.25, 0.3) is 0 Å². The molecule has 0 unspecified atom stereocenters. The zero-order valence-electron chi connectivity index (χ0n) is 17.4. The van der Waals surface area contributed by atoms with E-state index < -0.39 is 0 Å². The number of tetrazole rings is 1. The van der Waals surface area contributed by atoms with E-state index in [1.54, 1.807) is 7.11 Å². The van der Waals surface area contributed by atoms with Crippen molar-refractivity contribution in [2.45, 2.75) is 39.2 Å². The second kappa shape index (κ2) is 9.45. The summed E-state index contributed by atoms with van der Waals surface area (Å²) in [4.78, 5) is 0. The molecule has 0 atom stereocenters. The molecule has 2 aromatic heterocycles. The minimum absolute atomic E-state index is 0.546. The monoisotopic (exact) mass is 402 g/mol. The van der Waals surface area contributed by atoms with Crippen molar-refractivity contribution in [2.24, 2.45) is 0 Å². The number of nitrogens with one attached hydrogen (secondary N) is 2. The first-order valence-electron chi connectivity index (χ1n) is 10.3. The van der Waals surface area contributed by atoms with Crippen LogP contribution in [0.15, 0.2) is 48.5 Å². The van der Waals surface area contributed by atoms with Crippen molar-refractivity contribution >= 4 is 0 Å². The summed E-state index contributed by atoms with van der Waals surface area (Å²) in [6, 6.07) is 16.7. The molecule has 2 heterocycles. The van der Waals surface area contributed by atoms with Gasteiger partial charge >= 0.3 is 0 Å². The smallest absolute Gasteiger partial charge is 0.205 e. The summed E-state index contributed by atoms with van der Waals surface area (Å²) in [7, 11) is 1.71. The highest BCUT2D eigenvalue weighted by molar-refractivity contribution is 5.80. The van der Waals surface area contributed by atoms with Gasteiger partial charge in [-0.25, -0.2) is 0 Å². The number of aromatic amines is 2. The minimum Gasteiger partial charge on any atom is -0.378 e. The lowest BCUT2D eigenvalue weighted by Gasteiger charge is -2.09. The van der Waals surface area contributed by atoms with Gasteiger partial charge in [-0.05, 0) is 34.7 Å². The summed E-state index contributed by atoms with van der Waals surface area (Å²) in [6.07, 6.45) is 4.11. The Bertz CT molecular complexity index is 1070. The average molecular weight is 403 g/mol. The highest BCUT2D eigenvalue weighted by atomic mass is 16.5. The molecular formula is C23H26N6O. The molecule has 0 amide bonds. The van der Waals surface area contributed by atoms with Crippen molar-refractivity contribution in [2.75, 3.05) is 7.11 Å². The van der Waals surface area contributed by atoms with E-state index in [0.717, 1.165) is 53.8 Å². The molecule has 2 aromatic carbocycles. The summed E-state index contributed by atoms with van der Waals surface area (Å²) in [5.41, 5.74) is 7.87. The first-order valence-corrected chi connectivity index (χ1v) is 10.3. The first-order chi connectivity index (χ1) is 14.8. The molecule has 7 heteroatoms. The van der Waals surface area contributed by atoms with E-state index in [2.05, 4.69) is 68.1 Å². The Morgan fingerprint density at radius 1 is 0.967 bits per heavy atom. The van der Waals surface area contributed by atoms with Gasteiger partial charge in [-0.1, -0.05) is 61.9 Å². The number of rotatable bonds is 9. The normalized spacial score (nSPS) is 11.1. The molecule has 7 nitrogen and oxygen atoms in total. The molecule has 2 N–H and O–H groups in total. The number of methoxy groups -OCH3 is 1. The molecule has 4 aromatic rings. The van der Waals surface area contributed by atoms with Crippen LogP contribution in [-0.2, 0) is 24.2 Å². The summed E-state index contributed by atoms with van der Waals surface area (Å²) in [5, 5.41) is 22.2. The third-order valence-electron chi connectivity index (χ3n) is 5.25. The summed E-state index contributed by atoms with van der Waals surface area (Å²) in [6.45, 7) is 2.75. The summed E-state index contributed by atoms with van der Waals surface area (Å²) >= 11 is 0. The van der Waals surface area contributed by atoms with Gasteiger partial charge in [-0.2, -0.15) is 10.3 Å². The highest BCUT2D eigenvalue weighted by Crippen LogP contribution is 2.30. The standard InChI is InChI=1S/C23H26N6O/c1-3-4-9-21-20(22(15-30-2)25-24-21)14-16-10-12-17(13-11-16)18-7-5-6-8-19(18)23-26-28-29-27-23/h5-8,10-13H,3-4,9,14-15H2,1-2H3,(H,24,25)(H,26,27,28,29). The van der Waals surface area contributed by atoms with Crippen molar-refractivity contribution < 1.29 is 4.74 Å². The highest BCUT2D eigenvalue weighted by Gasteiger charge is 2.14. The molecular weight excluding hydrogens is 376 g/mol. The molecule has 0 aliphatic rings. The van der Waals surface area contributed by atoms with Gasteiger partial charge in [-0.3, -0.25) is 5.10 Å². The predicted octanol–water partition coefficient (Wildman–Crippen LogP) is 4.34. The molecule has 0 fully saturated rings. The Labute approximate surface area is 175 Å². The van der Waals surface area contributed by atoms with E-state index in [9.17, 15) is 0 Å². The fourth-order valence-corrected chi connectivity index (χ4v) is 3.68. The van der Waals surface area contributed by atoms with Crippen molar-refractivity contribution in [1.82, 2.24) is 30.8 Å². The Hall–Kier alpha value is -3.32. The van der Waals surface area contributed by atoms with Crippen molar-refractivity contribution in [3.8, 4) is 22.5 Å². The number of nitrogens with zero attached hydrogens (tertiary/aromatic N) is 4.